The molecule has 0 radical (unpaired) electrons. The number of nitrogens with zero attached hydrogens (tertiary/aromatic N) is 2. The van der Waals surface area contributed by atoms with Gasteiger partial charge in [0.15, 0.2) is 0 Å². The Bertz CT molecular complexity index is 767. The average Bonchev–Trinajstić information content (AvgIpc) is 2.97. The molecule has 1 aliphatic heterocycles. The van der Waals surface area contributed by atoms with Crippen molar-refractivity contribution in [3.05, 3.63) is 42.0 Å². The van der Waals surface area contributed by atoms with Crippen molar-refractivity contribution < 1.29 is 14.3 Å². The highest BCUT2D eigenvalue weighted by atomic mass is 16.5. The zero-order valence-electron chi connectivity index (χ0n) is 15.2. The van der Waals surface area contributed by atoms with E-state index in [1.807, 2.05) is 49.7 Å². The molecule has 0 saturated heterocycles. The first kappa shape index (κ1) is 17.3. The number of rotatable bonds is 5. The van der Waals surface area contributed by atoms with Gasteiger partial charge in [-0.15, -0.1) is 0 Å². The standard InChI is InChI=1S/C19H25N3O3/c1-13-20-8-10-22(13)9-7-18(23)21-16-12-19(2,3)25-17-6-5-14(24-4)11-15(16)17/h5-6,8,10-11,16H,7,9,12H2,1-4H3,(H,21,23)/t16-/m0/s1. The van der Waals surface area contributed by atoms with Gasteiger partial charge in [-0.1, -0.05) is 0 Å². The number of carbonyl (C=O) groups is 1. The van der Waals surface area contributed by atoms with Crippen molar-refractivity contribution in [1.29, 1.82) is 0 Å². The number of carbonyl (C=O) groups excluding carboxylic acids is 1. The van der Waals surface area contributed by atoms with E-state index in [0.29, 0.717) is 19.4 Å². The SMILES string of the molecule is COc1ccc2c(c1)[C@@H](NC(=O)CCn1ccnc1C)CC(C)(C)O2. The first-order chi connectivity index (χ1) is 11.9. The van der Waals surface area contributed by atoms with Gasteiger partial charge in [-0.3, -0.25) is 4.79 Å². The lowest BCUT2D eigenvalue weighted by Gasteiger charge is -2.38. The summed E-state index contributed by atoms with van der Waals surface area (Å²) in [6.07, 6.45) is 4.76. The van der Waals surface area contributed by atoms with Crippen LogP contribution < -0.4 is 14.8 Å². The Labute approximate surface area is 148 Å². The molecule has 3 rings (SSSR count). The summed E-state index contributed by atoms with van der Waals surface area (Å²) in [5.41, 5.74) is 0.631. The van der Waals surface area contributed by atoms with E-state index in [0.717, 1.165) is 22.9 Å². The van der Waals surface area contributed by atoms with Crippen LogP contribution in [0.15, 0.2) is 30.6 Å². The summed E-state index contributed by atoms with van der Waals surface area (Å²) in [6.45, 7) is 6.62. The topological polar surface area (TPSA) is 65.4 Å². The highest BCUT2D eigenvalue weighted by molar-refractivity contribution is 5.76. The van der Waals surface area contributed by atoms with Gasteiger partial charge in [0.25, 0.3) is 0 Å². The highest BCUT2D eigenvalue weighted by Crippen LogP contribution is 2.41. The molecule has 1 atom stereocenters. The predicted molar refractivity (Wildman–Crippen MR) is 94.8 cm³/mol. The first-order valence-corrected chi connectivity index (χ1v) is 8.52. The number of methoxy groups -OCH3 is 1. The number of imidazole rings is 1. The fourth-order valence-corrected chi connectivity index (χ4v) is 3.22. The van der Waals surface area contributed by atoms with E-state index in [4.69, 9.17) is 9.47 Å². The number of ether oxygens (including phenoxy) is 2. The quantitative estimate of drug-likeness (QED) is 0.906. The average molecular weight is 343 g/mol. The third kappa shape index (κ3) is 3.95. The lowest BCUT2D eigenvalue weighted by atomic mass is 9.89. The number of amides is 1. The van der Waals surface area contributed by atoms with Gasteiger partial charge in [0.05, 0.1) is 13.2 Å². The molecule has 0 saturated carbocycles. The van der Waals surface area contributed by atoms with Crippen molar-refractivity contribution >= 4 is 5.91 Å². The van der Waals surface area contributed by atoms with Crippen LogP contribution >= 0.6 is 0 Å². The summed E-state index contributed by atoms with van der Waals surface area (Å²) in [5.74, 6) is 2.49. The molecule has 2 aromatic rings. The smallest absolute Gasteiger partial charge is 0.222 e. The molecule has 0 aliphatic carbocycles. The lowest BCUT2D eigenvalue weighted by molar-refractivity contribution is -0.122. The third-order valence-corrected chi connectivity index (χ3v) is 4.51. The van der Waals surface area contributed by atoms with Crippen LogP contribution in [0, 0.1) is 6.92 Å². The molecular weight excluding hydrogens is 318 g/mol. The van der Waals surface area contributed by atoms with Gasteiger partial charge in [0.1, 0.15) is 22.9 Å². The molecule has 0 bridgehead atoms. The van der Waals surface area contributed by atoms with Crippen LogP contribution in [0.2, 0.25) is 0 Å². The van der Waals surface area contributed by atoms with E-state index < -0.39 is 0 Å². The lowest BCUT2D eigenvalue weighted by Crippen LogP contribution is -2.41. The molecular formula is C19H25N3O3. The maximum Gasteiger partial charge on any atom is 0.222 e. The Morgan fingerprint density at radius 2 is 2.28 bits per heavy atom. The van der Waals surface area contributed by atoms with Crippen LogP contribution in [0.5, 0.6) is 11.5 Å². The number of aryl methyl sites for hydroxylation is 2. The minimum atomic E-state index is -0.333. The molecule has 0 fully saturated rings. The third-order valence-electron chi connectivity index (χ3n) is 4.51. The van der Waals surface area contributed by atoms with Gasteiger partial charge < -0.3 is 19.4 Å². The molecule has 6 heteroatoms. The summed E-state index contributed by atoms with van der Waals surface area (Å²) in [4.78, 5) is 16.7. The molecule has 0 unspecified atom stereocenters. The fourth-order valence-electron chi connectivity index (χ4n) is 3.22. The first-order valence-electron chi connectivity index (χ1n) is 8.52. The van der Waals surface area contributed by atoms with Crippen molar-refractivity contribution in [3.8, 4) is 11.5 Å². The summed E-state index contributed by atoms with van der Waals surface area (Å²) in [7, 11) is 1.64. The van der Waals surface area contributed by atoms with Crippen LogP contribution in [0.25, 0.3) is 0 Å². The molecule has 1 aliphatic rings. The van der Waals surface area contributed by atoms with Crippen LogP contribution in [0.1, 0.15) is 44.1 Å². The Kier molecular flexibility index (Phi) is 4.70. The maximum absolute atomic E-state index is 12.5. The van der Waals surface area contributed by atoms with E-state index in [2.05, 4.69) is 10.3 Å². The summed E-state index contributed by atoms with van der Waals surface area (Å²) < 4.78 is 13.3. The minimum absolute atomic E-state index is 0.0181. The zero-order chi connectivity index (χ0) is 18.0. The second-order valence-corrected chi connectivity index (χ2v) is 7.01. The van der Waals surface area contributed by atoms with Crippen molar-refractivity contribution in [2.75, 3.05) is 7.11 Å². The van der Waals surface area contributed by atoms with E-state index in [1.165, 1.54) is 0 Å². The van der Waals surface area contributed by atoms with E-state index in [9.17, 15) is 4.79 Å². The molecule has 1 aromatic heterocycles. The molecule has 0 spiro atoms. The van der Waals surface area contributed by atoms with E-state index in [1.54, 1.807) is 13.3 Å². The monoisotopic (exact) mass is 343 g/mol. The molecule has 2 heterocycles. The summed E-state index contributed by atoms with van der Waals surface area (Å²) >= 11 is 0. The Hall–Kier alpha value is -2.50. The van der Waals surface area contributed by atoms with E-state index in [-0.39, 0.29) is 17.6 Å². The summed E-state index contributed by atoms with van der Waals surface area (Å²) in [5, 5.41) is 3.16. The molecule has 1 aromatic carbocycles. The summed E-state index contributed by atoms with van der Waals surface area (Å²) in [6, 6.07) is 5.63. The van der Waals surface area contributed by atoms with Gasteiger partial charge in [0, 0.05) is 37.3 Å². The normalized spacial score (nSPS) is 18.2. The van der Waals surface area contributed by atoms with Crippen LogP contribution in [0.4, 0.5) is 0 Å². The van der Waals surface area contributed by atoms with Gasteiger partial charge in [-0.05, 0) is 39.0 Å². The highest BCUT2D eigenvalue weighted by Gasteiger charge is 2.34. The molecule has 25 heavy (non-hydrogen) atoms. The second-order valence-electron chi connectivity index (χ2n) is 7.01. The maximum atomic E-state index is 12.5. The number of benzene rings is 1. The second kappa shape index (κ2) is 6.78. The van der Waals surface area contributed by atoms with Crippen molar-refractivity contribution in [3.63, 3.8) is 0 Å². The van der Waals surface area contributed by atoms with Crippen molar-refractivity contribution in [2.45, 2.75) is 51.8 Å². The number of nitrogens with one attached hydrogen (secondary N) is 1. The predicted octanol–water partition coefficient (Wildman–Crippen LogP) is 3.01. The van der Waals surface area contributed by atoms with Crippen LogP contribution in [-0.4, -0.2) is 28.2 Å². The molecule has 134 valence electrons. The van der Waals surface area contributed by atoms with Crippen LogP contribution in [0.3, 0.4) is 0 Å². The number of aromatic nitrogens is 2. The van der Waals surface area contributed by atoms with Gasteiger partial charge in [-0.25, -0.2) is 4.98 Å². The van der Waals surface area contributed by atoms with Gasteiger partial charge in [0.2, 0.25) is 5.91 Å². The Morgan fingerprint density at radius 1 is 1.48 bits per heavy atom. The largest absolute Gasteiger partial charge is 0.497 e. The molecule has 1 amide bonds. The van der Waals surface area contributed by atoms with Crippen molar-refractivity contribution in [2.24, 2.45) is 0 Å². The van der Waals surface area contributed by atoms with E-state index >= 15 is 0 Å². The number of hydrogen-bond acceptors (Lipinski definition) is 4. The number of fused-ring (bicyclic) bond motifs is 1. The van der Waals surface area contributed by atoms with Gasteiger partial charge in [-0.2, -0.15) is 0 Å². The van der Waals surface area contributed by atoms with Crippen molar-refractivity contribution in [1.82, 2.24) is 14.9 Å². The number of hydrogen-bond donors (Lipinski definition) is 1. The minimum Gasteiger partial charge on any atom is -0.497 e. The van der Waals surface area contributed by atoms with Gasteiger partial charge >= 0.3 is 0 Å². The molecule has 6 nitrogen and oxygen atoms in total. The Morgan fingerprint density at radius 3 is 2.96 bits per heavy atom. The Balaban J connectivity index is 1.72. The van der Waals surface area contributed by atoms with Crippen LogP contribution in [-0.2, 0) is 11.3 Å². The zero-order valence-corrected chi connectivity index (χ0v) is 15.2. The fraction of sp³-hybridized carbons (Fsp3) is 0.474. The molecule has 1 N–H and O–H groups in total.